The maximum Gasteiger partial charge on any atom is 0.265 e. The Kier molecular flexibility index (Phi) is 4.12. The summed E-state index contributed by atoms with van der Waals surface area (Å²) in [5, 5.41) is 18.2. The molecule has 2 aromatic carbocycles. The molecule has 0 bridgehead atoms. The highest BCUT2D eigenvalue weighted by Crippen LogP contribution is 2.45. The van der Waals surface area contributed by atoms with Gasteiger partial charge in [0.25, 0.3) is 5.91 Å². The second-order valence-electron chi connectivity index (χ2n) is 6.69. The lowest BCUT2D eigenvalue weighted by Crippen LogP contribution is -2.35. The van der Waals surface area contributed by atoms with Gasteiger partial charge in [0.1, 0.15) is 5.76 Å². The van der Waals surface area contributed by atoms with E-state index in [2.05, 4.69) is 10.5 Å². The van der Waals surface area contributed by atoms with Crippen LogP contribution in [0.15, 0.2) is 40.9 Å². The first-order valence-electron chi connectivity index (χ1n) is 8.74. The summed E-state index contributed by atoms with van der Waals surface area (Å²) >= 11 is 0. The predicted octanol–water partition coefficient (Wildman–Crippen LogP) is 3.16. The van der Waals surface area contributed by atoms with Crippen molar-refractivity contribution in [1.82, 2.24) is 5.16 Å². The number of hydrogen-bond donors (Lipinski definition) is 2. The second-order valence-corrected chi connectivity index (χ2v) is 6.69. The van der Waals surface area contributed by atoms with E-state index >= 15 is 0 Å². The van der Waals surface area contributed by atoms with Gasteiger partial charge in [-0.1, -0.05) is 17.3 Å². The molecule has 1 unspecified atom stereocenters. The van der Waals surface area contributed by atoms with Crippen molar-refractivity contribution >= 4 is 11.6 Å². The van der Waals surface area contributed by atoms with E-state index in [0.717, 1.165) is 16.8 Å². The Labute approximate surface area is 161 Å². The van der Waals surface area contributed by atoms with Gasteiger partial charge in [-0.2, -0.15) is 0 Å². The number of amides is 1. The van der Waals surface area contributed by atoms with Crippen LogP contribution in [0.2, 0.25) is 0 Å². The van der Waals surface area contributed by atoms with Gasteiger partial charge in [0.05, 0.1) is 19.9 Å². The molecule has 3 aromatic rings. The molecule has 1 aromatic heterocycles. The fourth-order valence-electron chi connectivity index (χ4n) is 3.69. The van der Waals surface area contributed by atoms with Crippen LogP contribution in [0.5, 0.6) is 11.5 Å². The monoisotopic (exact) mass is 380 g/mol. The van der Waals surface area contributed by atoms with Crippen molar-refractivity contribution in [3.63, 3.8) is 0 Å². The molecule has 7 heteroatoms. The molecule has 0 radical (unpaired) electrons. The zero-order valence-corrected chi connectivity index (χ0v) is 16.0. The van der Waals surface area contributed by atoms with E-state index in [4.69, 9.17) is 14.0 Å². The number of rotatable bonds is 4. The number of aromatic nitrogens is 1. The standard InChI is InChI=1S/C21H20N2O5/c1-11-19(12(2)28-23-11)13-5-7-16-15(9-13)21(25,20(24)22-16)14-6-8-17(26-3)18(10-14)27-4/h5-10,25H,1-4H3,(H,22,24). The van der Waals surface area contributed by atoms with Crippen LogP contribution in [-0.4, -0.2) is 30.4 Å². The summed E-state index contributed by atoms with van der Waals surface area (Å²) in [6.45, 7) is 3.68. The molecular formula is C21H20N2O5. The number of nitrogens with zero attached hydrogens (tertiary/aromatic N) is 1. The molecule has 1 atom stereocenters. The fraction of sp³-hybridized carbons (Fsp3) is 0.238. The van der Waals surface area contributed by atoms with E-state index < -0.39 is 11.5 Å². The van der Waals surface area contributed by atoms with Gasteiger partial charge in [0.15, 0.2) is 17.1 Å². The lowest BCUT2D eigenvalue weighted by molar-refractivity contribution is -0.129. The Hall–Kier alpha value is -3.32. The lowest BCUT2D eigenvalue weighted by Gasteiger charge is -2.23. The van der Waals surface area contributed by atoms with E-state index in [1.165, 1.54) is 14.2 Å². The molecule has 2 N–H and O–H groups in total. The average molecular weight is 380 g/mol. The van der Waals surface area contributed by atoms with Crippen molar-refractivity contribution in [1.29, 1.82) is 0 Å². The summed E-state index contributed by atoms with van der Waals surface area (Å²) in [5.41, 5.74) is 1.94. The largest absolute Gasteiger partial charge is 0.493 e. The predicted molar refractivity (Wildman–Crippen MR) is 103 cm³/mol. The third-order valence-electron chi connectivity index (χ3n) is 5.11. The quantitative estimate of drug-likeness (QED) is 0.722. The zero-order valence-electron chi connectivity index (χ0n) is 16.0. The number of carbonyl (C=O) groups excluding carboxylic acids is 1. The summed E-state index contributed by atoms with van der Waals surface area (Å²) in [6, 6.07) is 10.3. The van der Waals surface area contributed by atoms with Crippen LogP contribution in [0.4, 0.5) is 5.69 Å². The number of methoxy groups -OCH3 is 2. The van der Waals surface area contributed by atoms with Crippen LogP contribution >= 0.6 is 0 Å². The number of carbonyl (C=O) groups is 1. The SMILES string of the molecule is COc1ccc(C2(O)C(=O)Nc3ccc(-c4c(C)noc4C)cc32)cc1OC. The summed E-state index contributed by atoms with van der Waals surface area (Å²) in [4.78, 5) is 12.8. The normalized spacial score (nSPS) is 18.0. The molecule has 144 valence electrons. The van der Waals surface area contributed by atoms with E-state index in [9.17, 15) is 9.90 Å². The maximum absolute atomic E-state index is 12.8. The third kappa shape index (κ3) is 2.47. The molecule has 1 aliphatic rings. The Balaban J connectivity index is 1.89. The van der Waals surface area contributed by atoms with Crippen LogP contribution in [0.3, 0.4) is 0 Å². The van der Waals surface area contributed by atoms with Gasteiger partial charge >= 0.3 is 0 Å². The highest BCUT2D eigenvalue weighted by atomic mass is 16.5. The van der Waals surface area contributed by atoms with Crippen molar-refractivity contribution in [2.45, 2.75) is 19.4 Å². The number of hydrogen-bond acceptors (Lipinski definition) is 6. The molecular weight excluding hydrogens is 360 g/mol. The van der Waals surface area contributed by atoms with Gasteiger partial charge in [0.2, 0.25) is 0 Å². The number of benzene rings is 2. The molecule has 0 saturated heterocycles. The summed E-state index contributed by atoms with van der Waals surface area (Å²) in [7, 11) is 3.03. The van der Waals surface area contributed by atoms with Crippen molar-refractivity contribution in [2.24, 2.45) is 0 Å². The van der Waals surface area contributed by atoms with Crippen molar-refractivity contribution in [3.8, 4) is 22.6 Å². The van der Waals surface area contributed by atoms with Gasteiger partial charge < -0.3 is 24.4 Å². The molecule has 1 amide bonds. The number of fused-ring (bicyclic) bond motifs is 1. The molecule has 2 heterocycles. The molecule has 0 saturated carbocycles. The molecule has 1 aliphatic heterocycles. The molecule has 0 aliphatic carbocycles. The average Bonchev–Trinajstić information content (AvgIpc) is 3.17. The second kappa shape index (κ2) is 6.38. The Morgan fingerprint density at radius 3 is 2.46 bits per heavy atom. The summed E-state index contributed by atoms with van der Waals surface area (Å²) in [5.74, 6) is 1.09. The number of aryl methyl sites for hydroxylation is 2. The Bertz CT molecular complexity index is 1070. The van der Waals surface area contributed by atoms with E-state index in [0.29, 0.717) is 34.1 Å². The number of ether oxygens (including phenoxy) is 2. The van der Waals surface area contributed by atoms with Gasteiger partial charge in [-0.15, -0.1) is 0 Å². The van der Waals surface area contributed by atoms with Crippen LogP contribution in [0, 0.1) is 13.8 Å². The van der Waals surface area contributed by atoms with E-state index in [1.54, 1.807) is 30.3 Å². The highest BCUT2D eigenvalue weighted by Gasteiger charge is 2.47. The van der Waals surface area contributed by atoms with Crippen LogP contribution in [0.1, 0.15) is 22.6 Å². The van der Waals surface area contributed by atoms with Crippen molar-refractivity contribution < 1.29 is 23.9 Å². The first-order valence-corrected chi connectivity index (χ1v) is 8.74. The molecule has 28 heavy (non-hydrogen) atoms. The smallest absolute Gasteiger partial charge is 0.265 e. The molecule has 7 nitrogen and oxygen atoms in total. The van der Waals surface area contributed by atoms with Gasteiger partial charge in [-0.25, -0.2) is 0 Å². The minimum Gasteiger partial charge on any atom is -0.493 e. The van der Waals surface area contributed by atoms with Gasteiger partial charge in [0, 0.05) is 22.4 Å². The minimum absolute atomic E-state index is 0.386. The van der Waals surface area contributed by atoms with Crippen LogP contribution < -0.4 is 14.8 Å². The maximum atomic E-state index is 12.8. The van der Waals surface area contributed by atoms with Crippen LogP contribution in [0.25, 0.3) is 11.1 Å². The first kappa shape index (κ1) is 18.1. The summed E-state index contributed by atoms with van der Waals surface area (Å²) < 4.78 is 15.8. The molecule has 0 fully saturated rings. The Morgan fingerprint density at radius 1 is 1.07 bits per heavy atom. The van der Waals surface area contributed by atoms with Crippen molar-refractivity contribution in [2.75, 3.05) is 19.5 Å². The molecule has 4 rings (SSSR count). The Morgan fingerprint density at radius 2 is 1.82 bits per heavy atom. The number of anilines is 1. The van der Waals surface area contributed by atoms with E-state index in [1.807, 2.05) is 19.9 Å². The third-order valence-corrected chi connectivity index (χ3v) is 5.11. The van der Waals surface area contributed by atoms with Gasteiger partial charge in [-0.05, 0) is 43.7 Å². The van der Waals surface area contributed by atoms with E-state index in [-0.39, 0.29) is 0 Å². The zero-order chi connectivity index (χ0) is 20.1. The number of nitrogens with one attached hydrogen (secondary N) is 1. The number of aliphatic hydroxyl groups is 1. The first-order chi connectivity index (χ1) is 13.4. The van der Waals surface area contributed by atoms with Gasteiger partial charge in [-0.3, -0.25) is 4.79 Å². The summed E-state index contributed by atoms with van der Waals surface area (Å²) in [6.07, 6.45) is 0. The minimum atomic E-state index is -1.86. The van der Waals surface area contributed by atoms with Crippen molar-refractivity contribution in [3.05, 3.63) is 59.0 Å². The highest BCUT2D eigenvalue weighted by molar-refractivity contribution is 6.07. The topological polar surface area (TPSA) is 93.8 Å². The molecule has 0 spiro atoms. The van der Waals surface area contributed by atoms with Crippen LogP contribution in [-0.2, 0) is 10.4 Å². The fourth-order valence-corrected chi connectivity index (χ4v) is 3.69. The lowest BCUT2D eigenvalue weighted by atomic mass is 9.85.